The van der Waals surface area contributed by atoms with Crippen molar-refractivity contribution in [3.05, 3.63) is 24.8 Å². The molecule has 0 aromatic rings. The van der Waals surface area contributed by atoms with Crippen molar-refractivity contribution in [1.82, 2.24) is 5.32 Å². The number of carbonyl (C=O) groups excluding carboxylic acids is 2. The minimum absolute atomic E-state index is 0.181. The first kappa shape index (κ1) is 12.4. The molecule has 0 heterocycles. The summed E-state index contributed by atoms with van der Waals surface area (Å²) in [4.78, 5) is 21.6. The van der Waals surface area contributed by atoms with Crippen LogP contribution in [0.3, 0.4) is 0 Å². The van der Waals surface area contributed by atoms with Crippen molar-refractivity contribution in [2.75, 3.05) is 13.7 Å². The summed E-state index contributed by atoms with van der Waals surface area (Å²) in [5.41, 5.74) is 0.488. The van der Waals surface area contributed by atoms with Crippen molar-refractivity contribution in [1.29, 1.82) is 0 Å². The maximum atomic E-state index is 11.0. The molecule has 1 N–H and O–H groups in total. The van der Waals surface area contributed by atoms with Gasteiger partial charge in [-0.1, -0.05) is 13.2 Å². The van der Waals surface area contributed by atoms with Crippen LogP contribution in [0.4, 0.5) is 0 Å². The highest BCUT2D eigenvalue weighted by Crippen LogP contribution is 2.02. The van der Waals surface area contributed by atoms with Crippen molar-refractivity contribution in [2.24, 2.45) is 0 Å². The van der Waals surface area contributed by atoms with Crippen LogP contribution < -0.4 is 5.32 Å². The van der Waals surface area contributed by atoms with Crippen molar-refractivity contribution < 1.29 is 14.3 Å². The molecule has 0 saturated heterocycles. The third-order valence-corrected chi connectivity index (χ3v) is 1.58. The molecule has 0 aliphatic rings. The molecule has 1 amide bonds. The molecule has 0 rings (SSSR count). The number of likely N-dealkylation sites (N-methyl/N-ethyl adjacent to an activating group) is 1. The zero-order valence-corrected chi connectivity index (χ0v) is 8.34. The average Bonchev–Trinajstić information content (AvgIpc) is 2.22. The van der Waals surface area contributed by atoms with Gasteiger partial charge in [-0.15, -0.1) is 0 Å². The van der Waals surface area contributed by atoms with Crippen LogP contribution in [0, 0.1) is 0 Å². The Balaban J connectivity index is 3.55. The van der Waals surface area contributed by atoms with E-state index in [0.717, 1.165) is 6.08 Å². The molecule has 0 aromatic carbocycles. The van der Waals surface area contributed by atoms with E-state index in [9.17, 15) is 9.59 Å². The summed E-state index contributed by atoms with van der Waals surface area (Å²) in [5.74, 6) is -0.629. The van der Waals surface area contributed by atoms with E-state index in [-0.39, 0.29) is 12.5 Å². The van der Waals surface area contributed by atoms with E-state index in [1.807, 2.05) is 0 Å². The Morgan fingerprint density at radius 2 is 2.14 bits per heavy atom. The largest absolute Gasteiger partial charge is 0.463 e. The summed E-state index contributed by atoms with van der Waals surface area (Å²) in [6.45, 7) is 7.13. The number of esters is 1. The number of nitrogens with one attached hydrogen (secondary N) is 1. The Morgan fingerprint density at radius 3 is 2.64 bits per heavy atom. The molecule has 0 aliphatic carbocycles. The fraction of sp³-hybridized carbons (Fsp3) is 0.400. The molecule has 0 aliphatic heterocycles. The standard InChI is InChI=1S/C10H15NO3/c1-4-9(12)14-7-5-6-8(2)10(13)11-3/h4H,1-2,5-7H2,3H3,(H,11,13). The van der Waals surface area contributed by atoms with E-state index in [1.54, 1.807) is 7.05 Å². The lowest BCUT2D eigenvalue weighted by atomic mass is 10.1. The number of carbonyl (C=O) groups is 2. The lowest BCUT2D eigenvalue weighted by molar-refractivity contribution is -0.137. The molecule has 0 aromatic heterocycles. The fourth-order valence-corrected chi connectivity index (χ4v) is 0.808. The molecular formula is C10H15NO3. The predicted molar refractivity (Wildman–Crippen MR) is 53.6 cm³/mol. The molecule has 4 heteroatoms. The molecule has 0 spiro atoms. The lowest BCUT2D eigenvalue weighted by Crippen LogP contribution is -2.19. The van der Waals surface area contributed by atoms with Gasteiger partial charge in [-0.2, -0.15) is 0 Å². The highest BCUT2D eigenvalue weighted by atomic mass is 16.5. The zero-order valence-electron chi connectivity index (χ0n) is 8.34. The summed E-state index contributed by atoms with van der Waals surface area (Å²) in [7, 11) is 1.55. The van der Waals surface area contributed by atoms with E-state index in [4.69, 9.17) is 4.74 Å². The first-order valence-electron chi connectivity index (χ1n) is 4.31. The summed E-state index contributed by atoms with van der Waals surface area (Å²) in [6, 6.07) is 0. The molecule has 14 heavy (non-hydrogen) atoms. The second-order valence-corrected chi connectivity index (χ2v) is 2.66. The van der Waals surface area contributed by atoms with Gasteiger partial charge in [-0.05, 0) is 12.8 Å². The number of amides is 1. The van der Waals surface area contributed by atoms with Crippen LogP contribution in [0.1, 0.15) is 12.8 Å². The van der Waals surface area contributed by atoms with Crippen molar-refractivity contribution >= 4 is 11.9 Å². The second-order valence-electron chi connectivity index (χ2n) is 2.66. The zero-order chi connectivity index (χ0) is 11.0. The number of hydrogen-bond acceptors (Lipinski definition) is 3. The predicted octanol–water partition coefficient (Wildman–Crippen LogP) is 0.798. The SMILES string of the molecule is C=CC(=O)OCCCC(=C)C(=O)NC. The van der Waals surface area contributed by atoms with Gasteiger partial charge in [0.1, 0.15) is 0 Å². The van der Waals surface area contributed by atoms with E-state index in [2.05, 4.69) is 18.5 Å². The van der Waals surface area contributed by atoms with E-state index < -0.39 is 5.97 Å². The van der Waals surface area contributed by atoms with Gasteiger partial charge in [-0.25, -0.2) is 4.79 Å². The highest BCUT2D eigenvalue weighted by molar-refractivity contribution is 5.92. The van der Waals surface area contributed by atoms with Gasteiger partial charge in [0.2, 0.25) is 5.91 Å². The van der Waals surface area contributed by atoms with Crippen LogP contribution in [0.15, 0.2) is 24.8 Å². The quantitative estimate of drug-likeness (QED) is 0.389. The van der Waals surface area contributed by atoms with E-state index in [0.29, 0.717) is 18.4 Å². The maximum absolute atomic E-state index is 11.0. The van der Waals surface area contributed by atoms with Crippen LogP contribution >= 0.6 is 0 Å². The molecular weight excluding hydrogens is 182 g/mol. The third-order valence-electron chi connectivity index (χ3n) is 1.58. The Hall–Kier alpha value is -1.58. The molecule has 0 unspecified atom stereocenters. The molecule has 0 saturated carbocycles. The second kappa shape index (κ2) is 6.88. The van der Waals surface area contributed by atoms with Gasteiger partial charge in [0, 0.05) is 18.7 Å². The minimum atomic E-state index is -0.449. The van der Waals surface area contributed by atoms with Gasteiger partial charge in [0.15, 0.2) is 0 Å². The minimum Gasteiger partial charge on any atom is -0.463 e. The van der Waals surface area contributed by atoms with Crippen LogP contribution in [-0.4, -0.2) is 25.5 Å². The average molecular weight is 197 g/mol. The molecule has 0 bridgehead atoms. The van der Waals surface area contributed by atoms with Crippen molar-refractivity contribution in [3.63, 3.8) is 0 Å². The molecule has 0 atom stereocenters. The van der Waals surface area contributed by atoms with Crippen LogP contribution in [0.25, 0.3) is 0 Å². The highest BCUT2D eigenvalue weighted by Gasteiger charge is 2.03. The van der Waals surface area contributed by atoms with Gasteiger partial charge >= 0.3 is 5.97 Å². The normalized spacial score (nSPS) is 8.93. The Kier molecular flexibility index (Phi) is 6.11. The fourth-order valence-electron chi connectivity index (χ4n) is 0.808. The third kappa shape index (κ3) is 5.13. The lowest BCUT2D eigenvalue weighted by Gasteiger charge is -2.04. The Labute approximate surface area is 83.6 Å². The number of rotatable bonds is 6. The van der Waals surface area contributed by atoms with Crippen LogP contribution in [0.5, 0.6) is 0 Å². The first-order chi connectivity index (χ1) is 6.61. The van der Waals surface area contributed by atoms with Gasteiger partial charge < -0.3 is 10.1 Å². The number of ether oxygens (including phenoxy) is 1. The van der Waals surface area contributed by atoms with Crippen LogP contribution in [-0.2, 0) is 14.3 Å². The Bertz CT molecular complexity index is 246. The van der Waals surface area contributed by atoms with Gasteiger partial charge in [-0.3, -0.25) is 4.79 Å². The van der Waals surface area contributed by atoms with Crippen molar-refractivity contribution in [3.8, 4) is 0 Å². The Morgan fingerprint density at radius 1 is 1.50 bits per heavy atom. The topological polar surface area (TPSA) is 55.4 Å². The summed E-state index contributed by atoms with van der Waals surface area (Å²) < 4.78 is 4.73. The van der Waals surface area contributed by atoms with Crippen LogP contribution in [0.2, 0.25) is 0 Å². The molecule has 0 radical (unpaired) electrons. The molecule has 4 nitrogen and oxygen atoms in total. The number of hydrogen-bond donors (Lipinski definition) is 1. The van der Waals surface area contributed by atoms with Gasteiger partial charge in [0.05, 0.1) is 6.61 Å². The smallest absolute Gasteiger partial charge is 0.330 e. The van der Waals surface area contributed by atoms with Gasteiger partial charge in [0.25, 0.3) is 0 Å². The summed E-state index contributed by atoms with van der Waals surface area (Å²) >= 11 is 0. The summed E-state index contributed by atoms with van der Waals surface area (Å²) in [6.07, 6.45) is 2.21. The summed E-state index contributed by atoms with van der Waals surface area (Å²) in [5, 5.41) is 2.46. The van der Waals surface area contributed by atoms with E-state index >= 15 is 0 Å². The van der Waals surface area contributed by atoms with Crippen molar-refractivity contribution in [2.45, 2.75) is 12.8 Å². The van der Waals surface area contributed by atoms with E-state index in [1.165, 1.54) is 0 Å². The monoisotopic (exact) mass is 197 g/mol. The molecule has 78 valence electrons. The first-order valence-corrected chi connectivity index (χ1v) is 4.31. The molecule has 0 fully saturated rings. The maximum Gasteiger partial charge on any atom is 0.330 e.